The first-order valence-corrected chi connectivity index (χ1v) is 17.3. The summed E-state index contributed by atoms with van der Waals surface area (Å²) in [5, 5.41) is 12.1. The lowest BCUT2D eigenvalue weighted by atomic mass is 9.98. The number of hydrogen-bond acceptors (Lipinski definition) is 4. The number of nitrogens with zero attached hydrogens (tertiary/aromatic N) is 2. The molecule has 2 aromatic heterocycles. The van der Waals surface area contributed by atoms with Gasteiger partial charge in [-0.1, -0.05) is 121 Å². The van der Waals surface area contributed by atoms with E-state index in [-0.39, 0.29) is 12.3 Å². The second-order valence-corrected chi connectivity index (χ2v) is 13.1. The lowest BCUT2D eigenvalue weighted by molar-refractivity contribution is 0.409. The smallest absolute Gasteiger partial charge is 0.146 e. The third-order valence-electron chi connectivity index (χ3n) is 10.2. The number of nitrogens with one attached hydrogen (secondary N) is 2. The molecule has 6 aromatic carbocycles. The third-order valence-corrected chi connectivity index (χ3v) is 10.2. The number of rotatable bonds is 5. The Morgan fingerprint density at radius 2 is 1.40 bits per heavy atom. The Morgan fingerprint density at radius 1 is 0.660 bits per heavy atom. The molecule has 0 spiro atoms. The third kappa shape index (κ3) is 4.70. The molecular weight excluding hydrogens is 613 g/mol. The molecule has 0 radical (unpaired) electrons. The van der Waals surface area contributed by atoms with E-state index in [2.05, 4.69) is 161 Å². The van der Waals surface area contributed by atoms with Crippen molar-refractivity contribution >= 4 is 55.3 Å². The van der Waals surface area contributed by atoms with Crippen LogP contribution in [0.1, 0.15) is 41.9 Å². The molecule has 2 atom stereocenters. The molecule has 0 bridgehead atoms. The summed E-state index contributed by atoms with van der Waals surface area (Å²) in [5.41, 5.74) is 11.0. The van der Waals surface area contributed by atoms with Crippen LogP contribution in [-0.2, 0) is 0 Å². The Hall–Kier alpha value is -6.17. The number of amidine groups is 1. The topological polar surface area (TPSA) is 54.5 Å². The Kier molecular flexibility index (Phi) is 6.78. The van der Waals surface area contributed by atoms with Crippen LogP contribution in [0.5, 0.6) is 0 Å². The predicted octanol–water partition coefficient (Wildman–Crippen LogP) is 10.9. The summed E-state index contributed by atoms with van der Waals surface area (Å²) in [6, 6.07) is 49.3. The maximum Gasteiger partial charge on any atom is 0.146 e. The summed E-state index contributed by atoms with van der Waals surface area (Å²) in [4.78, 5) is 5.21. The van der Waals surface area contributed by atoms with E-state index in [0.717, 1.165) is 62.9 Å². The van der Waals surface area contributed by atoms with Crippen LogP contribution in [0.25, 0.3) is 60.6 Å². The summed E-state index contributed by atoms with van der Waals surface area (Å²) in [7, 11) is 0. The van der Waals surface area contributed by atoms with Crippen LogP contribution in [0.3, 0.4) is 0 Å². The highest BCUT2D eigenvalue weighted by Gasteiger charge is 2.27. The predicted molar refractivity (Wildman–Crippen MR) is 206 cm³/mol. The van der Waals surface area contributed by atoms with E-state index < -0.39 is 0 Å². The van der Waals surface area contributed by atoms with Gasteiger partial charge in [-0.15, -0.1) is 0 Å². The minimum absolute atomic E-state index is 0.122. The second kappa shape index (κ2) is 11.8. The molecule has 2 unspecified atom stereocenters. The molecule has 8 aromatic rings. The number of furan rings is 1. The van der Waals surface area contributed by atoms with Crippen molar-refractivity contribution in [3.05, 3.63) is 174 Å². The zero-order valence-electron chi connectivity index (χ0n) is 27.4. The minimum atomic E-state index is -0.216. The van der Waals surface area contributed by atoms with E-state index >= 15 is 0 Å². The van der Waals surface area contributed by atoms with Gasteiger partial charge in [-0.25, -0.2) is 4.99 Å². The molecule has 2 aliphatic rings. The fraction of sp³-hybridized carbons (Fsp3) is 0.0889. The molecule has 50 heavy (non-hydrogen) atoms. The normalized spacial score (nSPS) is 17.7. The zero-order valence-corrected chi connectivity index (χ0v) is 27.4. The molecular formula is C45H34N4O. The molecule has 3 heterocycles. The highest BCUT2D eigenvalue weighted by molar-refractivity contribution is 6.18. The largest absolute Gasteiger partial charge is 0.455 e. The van der Waals surface area contributed by atoms with Gasteiger partial charge in [0, 0.05) is 27.2 Å². The van der Waals surface area contributed by atoms with Crippen LogP contribution in [0.2, 0.25) is 0 Å². The molecule has 0 fully saturated rings. The molecule has 10 rings (SSSR count). The Morgan fingerprint density at radius 3 is 2.24 bits per heavy atom. The average Bonchev–Trinajstić information content (AvgIpc) is 3.74. The van der Waals surface area contributed by atoms with Crippen molar-refractivity contribution in [1.82, 2.24) is 15.2 Å². The molecule has 0 amide bonds. The zero-order chi connectivity index (χ0) is 33.0. The van der Waals surface area contributed by atoms with Gasteiger partial charge in [-0.3, -0.25) is 5.32 Å². The van der Waals surface area contributed by atoms with Gasteiger partial charge in [-0.2, -0.15) is 0 Å². The van der Waals surface area contributed by atoms with E-state index in [0.29, 0.717) is 0 Å². The van der Waals surface area contributed by atoms with Gasteiger partial charge in [-0.05, 0) is 71.5 Å². The van der Waals surface area contributed by atoms with Crippen molar-refractivity contribution in [2.24, 2.45) is 4.99 Å². The summed E-state index contributed by atoms with van der Waals surface area (Å²) >= 11 is 0. The summed E-state index contributed by atoms with van der Waals surface area (Å²) in [6.07, 6.45) is 8.43. The van der Waals surface area contributed by atoms with Crippen LogP contribution < -0.4 is 10.6 Å². The van der Waals surface area contributed by atoms with Gasteiger partial charge < -0.3 is 14.3 Å². The van der Waals surface area contributed by atoms with E-state index in [9.17, 15) is 0 Å². The maximum atomic E-state index is 6.82. The lowest BCUT2D eigenvalue weighted by Crippen LogP contribution is -2.45. The number of aromatic nitrogens is 1. The van der Waals surface area contributed by atoms with Crippen LogP contribution in [0, 0.1) is 0 Å². The molecule has 0 saturated carbocycles. The van der Waals surface area contributed by atoms with Crippen molar-refractivity contribution < 1.29 is 4.42 Å². The van der Waals surface area contributed by atoms with Gasteiger partial charge in [0.05, 0.1) is 16.6 Å². The molecule has 5 heteroatoms. The van der Waals surface area contributed by atoms with Crippen LogP contribution >= 0.6 is 0 Å². The van der Waals surface area contributed by atoms with Crippen LogP contribution in [-0.4, -0.2) is 10.4 Å². The first-order valence-electron chi connectivity index (χ1n) is 17.3. The Bertz CT molecular complexity index is 2660. The quantitative estimate of drug-likeness (QED) is 0.196. The summed E-state index contributed by atoms with van der Waals surface area (Å²) in [6.45, 7) is 0. The first-order chi connectivity index (χ1) is 24.8. The van der Waals surface area contributed by atoms with Crippen molar-refractivity contribution in [1.29, 1.82) is 0 Å². The number of fused-ring (bicyclic) bond motifs is 6. The molecule has 2 N–H and O–H groups in total. The molecule has 1 aliphatic heterocycles. The van der Waals surface area contributed by atoms with Gasteiger partial charge in [0.25, 0.3) is 0 Å². The van der Waals surface area contributed by atoms with E-state index in [1.54, 1.807) is 0 Å². The van der Waals surface area contributed by atoms with Gasteiger partial charge in [0.15, 0.2) is 0 Å². The fourth-order valence-electron chi connectivity index (χ4n) is 7.82. The second-order valence-electron chi connectivity index (χ2n) is 13.1. The molecule has 0 saturated heterocycles. The van der Waals surface area contributed by atoms with Crippen molar-refractivity contribution in [3.63, 3.8) is 0 Å². The van der Waals surface area contributed by atoms with Gasteiger partial charge >= 0.3 is 0 Å². The van der Waals surface area contributed by atoms with Crippen molar-refractivity contribution in [2.45, 2.75) is 25.2 Å². The van der Waals surface area contributed by atoms with Gasteiger partial charge in [0.2, 0.25) is 0 Å². The number of allylic oxidation sites excluding steroid dienone is 4. The van der Waals surface area contributed by atoms with Crippen LogP contribution in [0.4, 0.5) is 0 Å². The Labute approximate surface area is 289 Å². The number of para-hydroxylation sites is 2. The van der Waals surface area contributed by atoms with E-state index in [1.807, 2.05) is 12.1 Å². The molecule has 5 nitrogen and oxygen atoms in total. The van der Waals surface area contributed by atoms with E-state index in [4.69, 9.17) is 9.41 Å². The average molecular weight is 647 g/mol. The number of hydrogen-bond donors (Lipinski definition) is 2. The van der Waals surface area contributed by atoms with Crippen LogP contribution in [0.15, 0.2) is 167 Å². The first kappa shape index (κ1) is 28.8. The van der Waals surface area contributed by atoms with E-state index in [1.165, 1.54) is 33.1 Å². The monoisotopic (exact) mass is 646 g/mol. The summed E-state index contributed by atoms with van der Waals surface area (Å²) in [5.74, 6) is 0.806. The standard InChI is InChI=1S/C45H34N4O/c1-4-14-29(15-5-1)43-46-44(30-16-6-2-7-17-30)48-45(47-43)37-23-12-22-35-34-27-26-31(28-40(34)50-42(35)37)33-21-13-25-39-41(33)36-20-10-11-24-38(36)49(39)32-18-8-3-9-19-32/h1-8,10-18,20-28,43-44,46H,9,19H2,(H,47,48). The van der Waals surface area contributed by atoms with Gasteiger partial charge in [0.1, 0.15) is 29.3 Å². The number of aliphatic imine (C=N–C) groups is 1. The summed E-state index contributed by atoms with van der Waals surface area (Å²) < 4.78 is 9.26. The lowest BCUT2D eigenvalue weighted by Gasteiger charge is -2.32. The van der Waals surface area contributed by atoms with Crippen molar-refractivity contribution in [2.75, 3.05) is 0 Å². The SMILES string of the molecule is C1=CCCC(n2c3ccccc3c3c(-c4ccc5c(c4)oc4c(C6=NC(c7ccccc7)NC(c7ccccc7)N6)cccc45)cccc32)=C1. The maximum absolute atomic E-state index is 6.82. The Balaban J connectivity index is 1.12. The highest BCUT2D eigenvalue weighted by Crippen LogP contribution is 2.41. The molecule has 240 valence electrons. The minimum Gasteiger partial charge on any atom is -0.455 e. The fourth-order valence-corrected chi connectivity index (χ4v) is 7.82. The molecule has 1 aliphatic carbocycles. The highest BCUT2D eigenvalue weighted by atomic mass is 16.3. The number of benzene rings is 6. The van der Waals surface area contributed by atoms with Crippen molar-refractivity contribution in [3.8, 4) is 11.1 Å².